The van der Waals surface area contributed by atoms with Crippen molar-refractivity contribution < 1.29 is 4.79 Å². The molecular formula is C22H25Cl2NO. The zero-order valence-electron chi connectivity index (χ0n) is 15.2. The van der Waals surface area contributed by atoms with E-state index < -0.39 is 0 Å². The third-order valence-electron chi connectivity index (χ3n) is 5.18. The molecule has 1 N–H and O–H groups in total. The third kappa shape index (κ3) is 4.61. The Kier molecular flexibility index (Phi) is 6.61. The number of benzene rings is 2. The molecule has 0 saturated carbocycles. The Hall–Kier alpha value is -1.51. The molecule has 0 unspecified atom stereocenters. The zero-order valence-corrected chi connectivity index (χ0v) is 16.7. The Morgan fingerprint density at radius 1 is 1.08 bits per heavy atom. The molecule has 1 amide bonds. The quantitative estimate of drug-likeness (QED) is 0.637. The molecule has 2 aromatic carbocycles. The number of hydrogen-bond acceptors (Lipinski definition) is 1. The van der Waals surface area contributed by atoms with E-state index in [4.69, 9.17) is 23.2 Å². The molecule has 0 aromatic heterocycles. The highest BCUT2D eigenvalue weighted by Gasteiger charge is 2.17. The van der Waals surface area contributed by atoms with Crippen LogP contribution in [-0.4, -0.2) is 5.91 Å². The van der Waals surface area contributed by atoms with Gasteiger partial charge in [-0.3, -0.25) is 4.79 Å². The summed E-state index contributed by atoms with van der Waals surface area (Å²) in [5.41, 5.74) is 4.96. The molecule has 1 atom stereocenters. The van der Waals surface area contributed by atoms with Crippen molar-refractivity contribution in [2.24, 2.45) is 0 Å². The van der Waals surface area contributed by atoms with Crippen LogP contribution in [0.5, 0.6) is 0 Å². The molecule has 0 aliphatic heterocycles. The normalized spacial score (nSPS) is 14.6. The van der Waals surface area contributed by atoms with Gasteiger partial charge >= 0.3 is 0 Å². The average molecular weight is 390 g/mol. The first-order valence-corrected chi connectivity index (χ1v) is 10.2. The molecule has 26 heavy (non-hydrogen) atoms. The average Bonchev–Trinajstić information content (AvgIpc) is 2.65. The number of nitrogens with one attached hydrogen (secondary N) is 1. The van der Waals surface area contributed by atoms with Crippen LogP contribution in [0, 0.1) is 0 Å². The molecule has 2 nitrogen and oxygen atoms in total. The first-order chi connectivity index (χ1) is 12.6. The third-order valence-corrected chi connectivity index (χ3v) is 5.89. The van der Waals surface area contributed by atoms with E-state index >= 15 is 0 Å². The lowest BCUT2D eigenvalue weighted by Gasteiger charge is -2.22. The maximum absolute atomic E-state index is 12.5. The van der Waals surface area contributed by atoms with E-state index in [1.54, 1.807) is 0 Å². The lowest BCUT2D eigenvalue weighted by molar-refractivity contribution is -0.121. The molecule has 0 radical (unpaired) electrons. The number of amides is 1. The highest BCUT2D eigenvalue weighted by Crippen LogP contribution is 2.27. The van der Waals surface area contributed by atoms with Gasteiger partial charge in [-0.15, -0.1) is 0 Å². The highest BCUT2D eigenvalue weighted by molar-refractivity contribution is 6.36. The fraction of sp³-hybridized carbons (Fsp3) is 0.409. The summed E-state index contributed by atoms with van der Waals surface area (Å²) in [5.74, 6) is 0.0329. The van der Waals surface area contributed by atoms with Crippen LogP contribution in [-0.2, 0) is 24.1 Å². The minimum Gasteiger partial charge on any atom is -0.349 e. The molecule has 0 bridgehead atoms. The van der Waals surface area contributed by atoms with Gasteiger partial charge in [-0.1, -0.05) is 54.4 Å². The van der Waals surface area contributed by atoms with Crippen LogP contribution >= 0.6 is 23.2 Å². The van der Waals surface area contributed by atoms with Crippen molar-refractivity contribution in [2.75, 3.05) is 0 Å². The Balaban J connectivity index is 1.63. The minimum absolute atomic E-state index is 0.0329. The van der Waals surface area contributed by atoms with Gasteiger partial charge in [0.2, 0.25) is 5.91 Å². The van der Waals surface area contributed by atoms with Crippen LogP contribution in [0.2, 0.25) is 10.0 Å². The molecule has 4 heteroatoms. The molecule has 1 aliphatic carbocycles. The van der Waals surface area contributed by atoms with E-state index in [2.05, 4.69) is 30.4 Å². The van der Waals surface area contributed by atoms with Gasteiger partial charge in [0.15, 0.2) is 0 Å². The number of carbonyl (C=O) groups excluding carboxylic acids is 1. The molecular weight excluding hydrogens is 365 g/mol. The van der Waals surface area contributed by atoms with Crippen molar-refractivity contribution in [1.82, 2.24) is 5.32 Å². The summed E-state index contributed by atoms with van der Waals surface area (Å²) >= 11 is 12.4. The second-order valence-electron chi connectivity index (χ2n) is 6.96. The molecule has 0 heterocycles. The van der Waals surface area contributed by atoms with E-state index in [9.17, 15) is 4.79 Å². The van der Waals surface area contributed by atoms with Crippen molar-refractivity contribution in [3.63, 3.8) is 0 Å². The predicted octanol–water partition coefficient (Wildman–Crippen LogP) is 6.07. The van der Waals surface area contributed by atoms with Crippen LogP contribution in [0.25, 0.3) is 0 Å². The summed E-state index contributed by atoms with van der Waals surface area (Å²) in [4.78, 5) is 12.5. The summed E-state index contributed by atoms with van der Waals surface area (Å²) in [6, 6.07) is 12.2. The number of hydrogen-bond donors (Lipinski definition) is 1. The molecule has 0 spiro atoms. The molecule has 0 fully saturated rings. The van der Waals surface area contributed by atoms with Crippen LogP contribution in [0.1, 0.15) is 60.9 Å². The Bertz CT molecular complexity index is 767. The maximum atomic E-state index is 12.5. The smallest absolute Gasteiger partial charge is 0.220 e. The Labute approximate surface area is 165 Å². The van der Waals surface area contributed by atoms with E-state index in [-0.39, 0.29) is 11.9 Å². The molecule has 0 saturated heterocycles. The van der Waals surface area contributed by atoms with Gasteiger partial charge in [-0.2, -0.15) is 0 Å². The van der Waals surface area contributed by atoms with Crippen LogP contribution in [0.3, 0.4) is 0 Å². The van der Waals surface area contributed by atoms with Gasteiger partial charge in [0.25, 0.3) is 0 Å². The van der Waals surface area contributed by atoms with Gasteiger partial charge in [-0.05, 0) is 72.9 Å². The van der Waals surface area contributed by atoms with Crippen LogP contribution in [0.15, 0.2) is 36.4 Å². The van der Waals surface area contributed by atoms with Crippen LogP contribution in [0.4, 0.5) is 0 Å². The van der Waals surface area contributed by atoms with Crippen molar-refractivity contribution in [1.29, 1.82) is 0 Å². The minimum atomic E-state index is 0.0329. The number of halogens is 2. The van der Waals surface area contributed by atoms with E-state index in [1.807, 2.05) is 18.2 Å². The standard InChI is InChI=1S/C22H25Cl2NO/c1-2-21(17-11-10-15-6-3-4-7-16(15)14-17)25-22(26)13-12-18-19(23)8-5-9-20(18)24/h5,8-11,14,21H,2-4,6-7,12-13H2,1H3,(H,25,26)/t21-/m0/s1. The first kappa shape index (κ1) is 19.3. The number of rotatable bonds is 6. The summed E-state index contributed by atoms with van der Waals surface area (Å²) in [6.45, 7) is 2.11. The van der Waals surface area contributed by atoms with Gasteiger partial charge in [0.05, 0.1) is 6.04 Å². The molecule has 3 rings (SSSR count). The summed E-state index contributed by atoms with van der Waals surface area (Å²) in [7, 11) is 0. The monoisotopic (exact) mass is 389 g/mol. The van der Waals surface area contributed by atoms with Crippen molar-refractivity contribution in [3.05, 3.63) is 68.7 Å². The van der Waals surface area contributed by atoms with Gasteiger partial charge in [0, 0.05) is 16.5 Å². The molecule has 2 aromatic rings. The van der Waals surface area contributed by atoms with Gasteiger partial charge in [0.1, 0.15) is 0 Å². The topological polar surface area (TPSA) is 29.1 Å². The second kappa shape index (κ2) is 8.92. The largest absolute Gasteiger partial charge is 0.349 e. The predicted molar refractivity (Wildman–Crippen MR) is 109 cm³/mol. The van der Waals surface area contributed by atoms with Crippen LogP contribution < -0.4 is 5.32 Å². The second-order valence-corrected chi connectivity index (χ2v) is 7.78. The molecule has 1 aliphatic rings. The highest BCUT2D eigenvalue weighted by atomic mass is 35.5. The van der Waals surface area contributed by atoms with Gasteiger partial charge in [-0.25, -0.2) is 0 Å². The number of aryl methyl sites for hydroxylation is 2. The van der Waals surface area contributed by atoms with E-state index in [0.29, 0.717) is 22.9 Å². The van der Waals surface area contributed by atoms with Gasteiger partial charge < -0.3 is 5.32 Å². The zero-order chi connectivity index (χ0) is 18.5. The Morgan fingerprint density at radius 3 is 2.46 bits per heavy atom. The summed E-state index contributed by atoms with van der Waals surface area (Å²) in [6.07, 6.45) is 6.67. The fourth-order valence-corrected chi connectivity index (χ4v) is 4.25. The van der Waals surface area contributed by atoms with Crippen molar-refractivity contribution in [3.8, 4) is 0 Å². The van der Waals surface area contributed by atoms with E-state index in [1.165, 1.54) is 36.0 Å². The number of fused-ring (bicyclic) bond motifs is 1. The lowest BCUT2D eigenvalue weighted by Crippen LogP contribution is -2.28. The molecule has 138 valence electrons. The fourth-order valence-electron chi connectivity index (χ4n) is 3.67. The lowest BCUT2D eigenvalue weighted by atomic mass is 9.89. The number of carbonyl (C=O) groups is 1. The van der Waals surface area contributed by atoms with Crippen molar-refractivity contribution in [2.45, 2.75) is 57.9 Å². The SMILES string of the molecule is CC[C@H](NC(=O)CCc1c(Cl)cccc1Cl)c1ccc2c(c1)CCCC2. The van der Waals surface area contributed by atoms with Crippen molar-refractivity contribution >= 4 is 29.1 Å². The summed E-state index contributed by atoms with van der Waals surface area (Å²) < 4.78 is 0. The van der Waals surface area contributed by atoms with E-state index in [0.717, 1.165) is 18.4 Å². The summed E-state index contributed by atoms with van der Waals surface area (Å²) in [5, 5.41) is 4.41. The first-order valence-electron chi connectivity index (χ1n) is 9.42. The Morgan fingerprint density at radius 2 is 1.77 bits per heavy atom. The maximum Gasteiger partial charge on any atom is 0.220 e.